The first-order valence-electron chi connectivity index (χ1n) is 10.1. The number of pyridine rings is 1. The van der Waals surface area contributed by atoms with Crippen LogP contribution in [0.15, 0.2) is 79.0 Å². The van der Waals surface area contributed by atoms with E-state index in [1.165, 1.54) is 0 Å². The van der Waals surface area contributed by atoms with Crippen LogP contribution in [-0.4, -0.2) is 34.3 Å². The Hall–Kier alpha value is -4.26. The summed E-state index contributed by atoms with van der Waals surface area (Å²) in [5.41, 5.74) is 1.72. The Morgan fingerprint density at radius 3 is 2.56 bits per heavy atom. The molecule has 0 spiro atoms. The number of rotatable bonds is 6. The first-order chi connectivity index (χ1) is 15.5. The monoisotopic (exact) mass is 426 g/mol. The quantitative estimate of drug-likeness (QED) is 0.589. The van der Waals surface area contributed by atoms with Gasteiger partial charge in [-0.25, -0.2) is 4.79 Å². The fourth-order valence-corrected chi connectivity index (χ4v) is 3.53. The summed E-state index contributed by atoms with van der Waals surface area (Å²) in [6, 6.07) is 21.3. The van der Waals surface area contributed by atoms with Crippen molar-refractivity contribution >= 4 is 35.7 Å². The second kappa shape index (κ2) is 8.85. The highest BCUT2D eigenvalue weighted by atomic mass is 16.2. The molecule has 1 aliphatic rings. The third-order valence-electron chi connectivity index (χ3n) is 5.23. The van der Waals surface area contributed by atoms with Crippen molar-refractivity contribution in [3.05, 3.63) is 95.8 Å². The summed E-state index contributed by atoms with van der Waals surface area (Å²) < 4.78 is 0. The van der Waals surface area contributed by atoms with Crippen LogP contribution >= 0.6 is 0 Å². The van der Waals surface area contributed by atoms with Crippen molar-refractivity contribution in [3.8, 4) is 0 Å². The first-order valence-corrected chi connectivity index (χ1v) is 10.1. The molecule has 2 aromatic carbocycles. The van der Waals surface area contributed by atoms with E-state index in [2.05, 4.69) is 15.6 Å². The zero-order chi connectivity index (χ0) is 22.6. The molecule has 7 heteroatoms. The van der Waals surface area contributed by atoms with Gasteiger partial charge in [-0.15, -0.1) is 0 Å². The molecule has 0 aliphatic carbocycles. The van der Waals surface area contributed by atoms with E-state index in [-0.39, 0.29) is 6.54 Å². The number of carbonyl (C=O) groups is 3. The molecule has 160 valence electrons. The fraction of sp³-hybridized carbons (Fsp3) is 0.120. The van der Waals surface area contributed by atoms with Crippen LogP contribution in [0.4, 0.5) is 10.5 Å². The zero-order valence-electron chi connectivity index (χ0n) is 17.5. The van der Waals surface area contributed by atoms with Gasteiger partial charge in [0, 0.05) is 11.9 Å². The maximum absolute atomic E-state index is 12.9. The van der Waals surface area contributed by atoms with E-state index in [0.29, 0.717) is 11.3 Å². The molecule has 0 saturated carbocycles. The van der Waals surface area contributed by atoms with Gasteiger partial charge in [0.25, 0.3) is 5.91 Å². The maximum atomic E-state index is 12.9. The van der Waals surface area contributed by atoms with E-state index in [1.54, 1.807) is 49.5 Å². The fourth-order valence-electron chi connectivity index (χ4n) is 3.53. The van der Waals surface area contributed by atoms with Crippen LogP contribution in [0.2, 0.25) is 0 Å². The minimum atomic E-state index is -1.20. The summed E-state index contributed by atoms with van der Waals surface area (Å²) in [6.07, 6.45) is 5.48. The van der Waals surface area contributed by atoms with E-state index in [4.69, 9.17) is 0 Å². The lowest BCUT2D eigenvalue weighted by atomic mass is 9.92. The third-order valence-corrected chi connectivity index (χ3v) is 5.23. The number of benzene rings is 2. The van der Waals surface area contributed by atoms with Gasteiger partial charge in [0.2, 0.25) is 5.91 Å². The molecule has 4 amide bonds. The molecule has 1 aliphatic heterocycles. The Morgan fingerprint density at radius 2 is 1.81 bits per heavy atom. The molecular formula is C25H22N4O3. The van der Waals surface area contributed by atoms with Gasteiger partial charge in [-0.05, 0) is 48.4 Å². The smallest absolute Gasteiger partial charge is 0.325 e. The van der Waals surface area contributed by atoms with Crippen molar-refractivity contribution in [2.75, 3.05) is 11.9 Å². The van der Waals surface area contributed by atoms with Crippen LogP contribution in [0.5, 0.6) is 0 Å². The van der Waals surface area contributed by atoms with Gasteiger partial charge < -0.3 is 10.6 Å². The van der Waals surface area contributed by atoms with Crippen LogP contribution in [0.25, 0.3) is 12.2 Å². The van der Waals surface area contributed by atoms with Crippen molar-refractivity contribution in [1.82, 2.24) is 15.2 Å². The highest BCUT2D eigenvalue weighted by Crippen LogP contribution is 2.28. The highest BCUT2D eigenvalue weighted by Gasteiger charge is 2.49. The number of nitrogens with one attached hydrogen (secondary N) is 2. The molecule has 0 unspecified atom stereocenters. The summed E-state index contributed by atoms with van der Waals surface area (Å²) >= 11 is 0. The number of nitrogens with zero attached hydrogens (tertiary/aromatic N) is 2. The van der Waals surface area contributed by atoms with Gasteiger partial charge in [0.05, 0.1) is 5.69 Å². The summed E-state index contributed by atoms with van der Waals surface area (Å²) in [5, 5.41) is 5.45. The predicted molar refractivity (Wildman–Crippen MR) is 122 cm³/mol. The molecule has 1 fully saturated rings. The largest absolute Gasteiger partial charge is 0.325 e. The molecule has 1 aromatic heterocycles. The standard InChI is InChI=1S/C25H22N4O3/c1-25(19-9-3-2-4-10-19)23(31)29(24(32)28-25)17-22(30)27-21-12-7-8-18(16-21)13-14-20-11-5-6-15-26-20/h2-16H,17H2,1H3,(H,27,30)(H,28,32)/b14-13+/t25-/m0/s1. The number of urea groups is 1. The molecule has 0 radical (unpaired) electrons. The van der Waals surface area contributed by atoms with E-state index in [0.717, 1.165) is 16.2 Å². The Bertz CT molecular complexity index is 1180. The Morgan fingerprint density at radius 1 is 1.03 bits per heavy atom. The summed E-state index contributed by atoms with van der Waals surface area (Å²) in [6.45, 7) is 1.26. The number of hydrogen-bond acceptors (Lipinski definition) is 4. The van der Waals surface area contributed by atoms with Crippen LogP contribution in [0.1, 0.15) is 23.7 Å². The molecule has 2 N–H and O–H groups in total. The van der Waals surface area contributed by atoms with Crippen LogP contribution in [0.3, 0.4) is 0 Å². The van der Waals surface area contributed by atoms with Crippen molar-refractivity contribution in [2.24, 2.45) is 0 Å². The van der Waals surface area contributed by atoms with E-state index in [9.17, 15) is 14.4 Å². The van der Waals surface area contributed by atoms with Gasteiger partial charge >= 0.3 is 6.03 Å². The zero-order valence-corrected chi connectivity index (χ0v) is 17.5. The topological polar surface area (TPSA) is 91.4 Å². The normalized spacial score (nSPS) is 18.1. The second-order valence-corrected chi connectivity index (χ2v) is 7.57. The van der Waals surface area contributed by atoms with Crippen LogP contribution in [-0.2, 0) is 15.1 Å². The lowest BCUT2D eigenvalue weighted by Gasteiger charge is -2.22. The number of aromatic nitrogens is 1. The van der Waals surface area contributed by atoms with Crippen molar-refractivity contribution in [1.29, 1.82) is 0 Å². The number of carbonyl (C=O) groups excluding carboxylic acids is 3. The van der Waals surface area contributed by atoms with E-state index < -0.39 is 23.4 Å². The Labute approximate surface area is 185 Å². The number of amides is 4. The van der Waals surface area contributed by atoms with Gasteiger partial charge in [0.15, 0.2) is 0 Å². The van der Waals surface area contributed by atoms with Crippen LogP contribution < -0.4 is 10.6 Å². The molecule has 7 nitrogen and oxygen atoms in total. The lowest BCUT2D eigenvalue weighted by Crippen LogP contribution is -2.42. The van der Waals surface area contributed by atoms with Gasteiger partial charge in [0.1, 0.15) is 12.1 Å². The first kappa shape index (κ1) is 21.0. The maximum Gasteiger partial charge on any atom is 0.325 e. The van der Waals surface area contributed by atoms with Gasteiger partial charge in [-0.2, -0.15) is 0 Å². The Kier molecular flexibility index (Phi) is 5.81. The highest BCUT2D eigenvalue weighted by molar-refractivity contribution is 6.10. The number of hydrogen-bond donors (Lipinski definition) is 2. The molecule has 1 saturated heterocycles. The summed E-state index contributed by atoms with van der Waals surface area (Å²) in [4.78, 5) is 43.1. The van der Waals surface area contributed by atoms with Crippen LogP contribution in [0, 0.1) is 0 Å². The van der Waals surface area contributed by atoms with Gasteiger partial charge in [-0.3, -0.25) is 19.5 Å². The SMILES string of the molecule is C[C@@]1(c2ccccc2)NC(=O)N(CC(=O)Nc2cccc(/C=C/c3ccccn3)c2)C1=O. The van der Waals surface area contributed by atoms with E-state index >= 15 is 0 Å². The van der Waals surface area contributed by atoms with E-state index in [1.807, 2.05) is 48.6 Å². The number of anilines is 1. The third kappa shape index (κ3) is 4.41. The average Bonchev–Trinajstić information content (AvgIpc) is 3.03. The molecular weight excluding hydrogens is 404 g/mol. The average molecular weight is 426 g/mol. The molecule has 4 rings (SSSR count). The van der Waals surface area contributed by atoms with Gasteiger partial charge in [-0.1, -0.05) is 54.6 Å². The lowest BCUT2D eigenvalue weighted by molar-refractivity contribution is -0.133. The summed E-state index contributed by atoms with van der Waals surface area (Å²) in [5.74, 6) is -0.924. The molecule has 1 atom stereocenters. The minimum Gasteiger partial charge on any atom is -0.325 e. The van der Waals surface area contributed by atoms with Crippen molar-refractivity contribution in [3.63, 3.8) is 0 Å². The molecule has 3 aromatic rings. The predicted octanol–water partition coefficient (Wildman–Crippen LogP) is 3.66. The second-order valence-electron chi connectivity index (χ2n) is 7.57. The molecule has 2 heterocycles. The Balaban J connectivity index is 1.42. The minimum absolute atomic E-state index is 0.374. The molecule has 0 bridgehead atoms. The van der Waals surface area contributed by atoms with Crippen molar-refractivity contribution < 1.29 is 14.4 Å². The molecule has 32 heavy (non-hydrogen) atoms. The number of imide groups is 1. The summed E-state index contributed by atoms with van der Waals surface area (Å²) in [7, 11) is 0. The van der Waals surface area contributed by atoms with Crippen molar-refractivity contribution in [2.45, 2.75) is 12.5 Å².